The fourth-order valence-electron chi connectivity index (χ4n) is 2.88. The van der Waals surface area contributed by atoms with Crippen molar-refractivity contribution in [3.8, 4) is 10.6 Å². The Kier molecular flexibility index (Phi) is 4.96. The van der Waals surface area contributed by atoms with E-state index in [9.17, 15) is 9.59 Å². The van der Waals surface area contributed by atoms with Crippen LogP contribution in [0.15, 0.2) is 29.6 Å². The summed E-state index contributed by atoms with van der Waals surface area (Å²) in [5.74, 6) is -0.132. The summed E-state index contributed by atoms with van der Waals surface area (Å²) in [6.07, 6.45) is 0.116. The number of nitrogens with one attached hydrogen (secondary N) is 1. The zero-order valence-corrected chi connectivity index (χ0v) is 15.2. The summed E-state index contributed by atoms with van der Waals surface area (Å²) in [6, 6.07) is 7.40. The number of carbonyl (C=O) groups excluding carboxylic acids is 1. The van der Waals surface area contributed by atoms with Crippen molar-refractivity contribution in [2.24, 2.45) is 0 Å². The third kappa shape index (κ3) is 3.93. The number of piperidine rings is 1. The van der Waals surface area contributed by atoms with Gasteiger partial charge in [-0.25, -0.2) is 9.78 Å². The number of likely N-dealkylation sites (tertiary alicyclic amines) is 1. The van der Waals surface area contributed by atoms with Gasteiger partial charge in [-0.05, 0) is 25.8 Å². The van der Waals surface area contributed by atoms with E-state index in [1.807, 2.05) is 25.1 Å². The molecule has 1 aromatic heterocycles. The number of carboxylic acid groups (broad SMARTS) is 1. The van der Waals surface area contributed by atoms with E-state index in [1.165, 1.54) is 11.3 Å². The first kappa shape index (κ1) is 17.7. The quantitative estimate of drug-likeness (QED) is 0.851. The van der Waals surface area contributed by atoms with E-state index in [1.54, 1.807) is 16.3 Å². The zero-order valence-electron chi connectivity index (χ0n) is 13.7. The Morgan fingerprint density at radius 1 is 1.32 bits per heavy atom. The van der Waals surface area contributed by atoms with Crippen LogP contribution >= 0.6 is 22.9 Å². The summed E-state index contributed by atoms with van der Waals surface area (Å²) >= 11 is 7.57. The fraction of sp³-hybridized carbons (Fsp3) is 0.353. The van der Waals surface area contributed by atoms with E-state index in [2.05, 4.69) is 10.3 Å². The molecule has 25 heavy (non-hydrogen) atoms. The Labute approximate surface area is 154 Å². The molecule has 2 heterocycles. The third-order valence-corrected chi connectivity index (χ3v) is 5.60. The molecular weight excluding hydrogens is 362 g/mol. The summed E-state index contributed by atoms with van der Waals surface area (Å²) < 4.78 is 0. The van der Waals surface area contributed by atoms with Crippen LogP contribution in [0.2, 0.25) is 5.02 Å². The average molecular weight is 380 g/mol. The molecule has 0 aliphatic carbocycles. The number of rotatable bonds is 3. The SMILES string of the molecule is CC1(NC(=O)O)CCN(C(=O)c2csc(-c3ccccc3Cl)n2)CC1. The van der Waals surface area contributed by atoms with Gasteiger partial charge in [-0.2, -0.15) is 0 Å². The number of aromatic nitrogens is 1. The highest BCUT2D eigenvalue weighted by Crippen LogP contribution is 2.31. The van der Waals surface area contributed by atoms with Gasteiger partial charge < -0.3 is 15.3 Å². The minimum Gasteiger partial charge on any atom is -0.465 e. The second-order valence-electron chi connectivity index (χ2n) is 6.30. The molecule has 0 spiro atoms. The smallest absolute Gasteiger partial charge is 0.405 e. The minimum atomic E-state index is -1.04. The van der Waals surface area contributed by atoms with Crippen molar-refractivity contribution in [1.82, 2.24) is 15.2 Å². The molecule has 2 N–H and O–H groups in total. The lowest BCUT2D eigenvalue weighted by Crippen LogP contribution is -2.54. The number of halogens is 1. The lowest BCUT2D eigenvalue weighted by Gasteiger charge is -2.38. The molecule has 0 bridgehead atoms. The van der Waals surface area contributed by atoms with Crippen LogP contribution in [-0.2, 0) is 0 Å². The summed E-state index contributed by atoms with van der Waals surface area (Å²) in [6.45, 7) is 2.85. The Balaban J connectivity index is 1.69. The first-order valence-corrected chi connectivity index (χ1v) is 9.14. The molecule has 2 amide bonds. The topological polar surface area (TPSA) is 82.5 Å². The van der Waals surface area contributed by atoms with E-state index in [0.717, 1.165) is 5.56 Å². The molecule has 0 radical (unpaired) electrons. The number of hydrogen-bond donors (Lipinski definition) is 2. The molecule has 1 saturated heterocycles. The second kappa shape index (κ2) is 7.01. The van der Waals surface area contributed by atoms with Crippen molar-refractivity contribution >= 4 is 34.9 Å². The Morgan fingerprint density at radius 2 is 2.00 bits per heavy atom. The maximum absolute atomic E-state index is 12.7. The Hall–Kier alpha value is -2.12. The lowest BCUT2D eigenvalue weighted by atomic mass is 9.89. The van der Waals surface area contributed by atoms with Gasteiger partial charge in [-0.3, -0.25) is 4.79 Å². The Morgan fingerprint density at radius 3 is 2.64 bits per heavy atom. The van der Waals surface area contributed by atoms with Crippen molar-refractivity contribution in [3.05, 3.63) is 40.4 Å². The van der Waals surface area contributed by atoms with Gasteiger partial charge in [-0.1, -0.05) is 29.8 Å². The molecule has 1 aliphatic rings. The molecule has 132 valence electrons. The van der Waals surface area contributed by atoms with Gasteiger partial charge in [-0.15, -0.1) is 11.3 Å². The summed E-state index contributed by atoms with van der Waals surface area (Å²) in [5, 5.41) is 14.5. The van der Waals surface area contributed by atoms with Gasteiger partial charge in [0, 0.05) is 29.6 Å². The van der Waals surface area contributed by atoms with Gasteiger partial charge in [0.15, 0.2) is 0 Å². The highest BCUT2D eigenvalue weighted by Gasteiger charge is 2.34. The van der Waals surface area contributed by atoms with Gasteiger partial charge in [0.25, 0.3) is 5.91 Å². The number of amides is 2. The molecule has 0 unspecified atom stereocenters. The summed E-state index contributed by atoms with van der Waals surface area (Å²) in [7, 11) is 0. The molecule has 1 aromatic carbocycles. The number of hydrogen-bond acceptors (Lipinski definition) is 4. The number of thiazole rings is 1. The maximum atomic E-state index is 12.7. The first-order valence-electron chi connectivity index (χ1n) is 7.89. The molecule has 8 heteroatoms. The third-order valence-electron chi connectivity index (χ3n) is 4.39. The van der Waals surface area contributed by atoms with E-state index in [-0.39, 0.29) is 5.91 Å². The van der Waals surface area contributed by atoms with Gasteiger partial charge in [0.1, 0.15) is 10.7 Å². The summed E-state index contributed by atoms with van der Waals surface area (Å²) in [5.41, 5.74) is 0.716. The van der Waals surface area contributed by atoms with Crippen LogP contribution in [0.1, 0.15) is 30.3 Å². The molecule has 6 nitrogen and oxygen atoms in total. The molecule has 1 aliphatic heterocycles. The normalized spacial score (nSPS) is 16.5. The minimum absolute atomic E-state index is 0.132. The van der Waals surface area contributed by atoms with Crippen LogP contribution in [0.25, 0.3) is 10.6 Å². The van der Waals surface area contributed by atoms with E-state index < -0.39 is 11.6 Å². The monoisotopic (exact) mass is 379 g/mol. The molecule has 2 aromatic rings. The van der Waals surface area contributed by atoms with Crippen molar-refractivity contribution in [1.29, 1.82) is 0 Å². The van der Waals surface area contributed by atoms with Crippen LogP contribution < -0.4 is 5.32 Å². The lowest BCUT2D eigenvalue weighted by molar-refractivity contribution is 0.0652. The Bertz CT molecular complexity index is 800. The number of nitrogens with zero attached hydrogens (tertiary/aromatic N) is 2. The molecular formula is C17H18ClN3O3S. The van der Waals surface area contributed by atoms with Gasteiger partial charge >= 0.3 is 6.09 Å². The van der Waals surface area contributed by atoms with E-state index in [4.69, 9.17) is 16.7 Å². The second-order valence-corrected chi connectivity index (χ2v) is 7.57. The predicted octanol–water partition coefficient (Wildman–Crippen LogP) is 3.73. The summed E-state index contributed by atoms with van der Waals surface area (Å²) in [4.78, 5) is 29.7. The molecule has 0 saturated carbocycles. The van der Waals surface area contributed by atoms with Crippen LogP contribution in [0.3, 0.4) is 0 Å². The molecule has 0 atom stereocenters. The van der Waals surface area contributed by atoms with Crippen LogP contribution in [0, 0.1) is 0 Å². The van der Waals surface area contributed by atoms with Crippen LogP contribution in [0.5, 0.6) is 0 Å². The first-order chi connectivity index (χ1) is 11.9. The van der Waals surface area contributed by atoms with Crippen LogP contribution in [0.4, 0.5) is 4.79 Å². The molecule has 3 rings (SSSR count). The fourth-order valence-corrected chi connectivity index (χ4v) is 3.99. The number of carbonyl (C=O) groups is 2. The van der Waals surface area contributed by atoms with Crippen molar-refractivity contribution < 1.29 is 14.7 Å². The van der Waals surface area contributed by atoms with Crippen molar-refractivity contribution in [2.75, 3.05) is 13.1 Å². The van der Waals surface area contributed by atoms with Crippen molar-refractivity contribution in [3.63, 3.8) is 0 Å². The van der Waals surface area contributed by atoms with Crippen LogP contribution in [-0.4, -0.2) is 45.6 Å². The molecule has 1 fully saturated rings. The predicted molar refractivity (Wildman–Crippen MR) is 97.3 cm³/mol. The number of benzene rings is 1. The van der Waals surface area contributed by atoms with E-state index >= 15 is 0 Å². The zero-order chi connectivity index (χ0) is 18.0. The average Bonchev–Trinajstić information content (AvgIpc) is 3.04. The van der Waals surface area contributed by atoms with Gasteiger partial charge in [0.2, 0.25) is 0 Å². The highest BCUT2D eigenvalue weighted by molar-refractivity contribution is 7.13. The maximum Gasteiger partial charge on any atom is 0.405 e. The van der Waals surface area contributed by atoms with Crippen molar-refractivity contribution in [2.45, 2.75) is 25.3 Å². The van der Waals surface area contributed by atoms with E-state index in [0.29, 0.717) is 41.7 Å². The standard InChI is InChI=1S/C17H18ClN3O3S/c1-17(20-16(23)24)6-8-21(9-7-17)15(22)13-10-25-14(19-13)11-4-2-3-5-12(11)18/h2-5,10,20H,6-9H2,1H3,(H,23,24). The van der Waals surface area contributed by atoms with Gasteiger partial charge in [0.05, 0.1) is 5.02 Å². The highest BCUT2D eigenvalue weighted by atomic mass is 35.5. The largest absolute Gasteiger partial charge is 0.465 e.